The molecule has 0 fully saturated rings. The van der Waals surface area contributed by atoms with Crippen molar-refractivity contribution in [1.29, 1.82) is 0 Å². The van der Waals surface area contributed by atoms with E-state index in [9.17, 15) is 4.79 Å². The van der Waals surface area contributed by atoms with Gasteiger partial charge in [-0.25, -0.2) is 4.79 Å². The van der Waals surface area contributed by atoms with Gasteiger partial charge in [-0.3, -0.25) is 0 Å². The van der Waals surface area contributed by atoms with Crippen LogP contribution in [0.4, 0.5) is 5.69 Å². The summed E-state index contributed by atoms with van der Waals surface area (Å²) in [6.07, 6.45) is 0.996. The van der Waals surface area contributed by atoms with Gasteiger partial charge in [0.15, 0.2) is 0 Å². The standard InChI is InChI=1S/C22H30N2O2/c1-18(14-15-24(4)16-19-8-6-5-7-9-19)17-26-22(25)20-10-12-21(13-11-20)23(2)3/h5-13,18H,14-17H2,1-4H3/t18-/m1/s1. The molecule has 0 saturated carbocycles. The monoisotopic (exact) mass is 354 g/mol. The Balaban J connectivity index is 1.70. The number of carbonyl (C=O) groups excluding carboxylic acids is 1. The molecular weight excluding hydrogens is 324 g/mol. The van der Waals surface area contributed by atoms with Gasteiger partial charge in [0.1, 0.15) is 0 Å². The molecule has 2 aromatic rings. The first-order valence-electron chi connectivity index (χ1n) is 9.12. The topological polar surface area (TPSA) is 32.8 Å². The van der Waals surface area contributed by atoms with Gasteiger partial charge in [-0.15, -0.1) is 0 Å². The molecule has 0 bridgehead atoms. The average Bonchev–Trinajstić information content (AvgIpc) is 2.65. The summed E-state index contributed by atoms with van der Waals surface area (Å²) < 4.78 is 5.47. The lowest BCUT2D eigenvalue weighted by atomic mass is 10.1. The van der Waals surface area contributed by atoms with Crippen molar-refractivity contribution in [3.63, 3.8) is 0 Å². The first kappa shape index (κ1) is 20.0. The van der Waals surface area contributed by atoms with Crippen LogP contribution < -0.4 is 4.90 Å². The largest absolute Gasteiger partial charge is 0.462 e. The number of rotatable bonds is 9. The minimum Gasteiger partial charge on any atom is -0.462 e. The predicted molar refractivity (Wildman–Crippen MR) is 108 cm³/mol. The molecule has 0 spiro atoms. The van der Waals surface area contributed by atoms with Gasteiger partial charge in [0.2, 0.25) is 0 Å². The third-order valence-corrected chi connectivity index (χ3v) is 4.42. The lowest BCUT2D eigenvalue weighted by molar-refractivity contribution is 0.0438. The van der Waals surface area contributed by atoms with Crippen molar-refractivity contribution < 1.29 is 9.53 Å². The van der Waals surface area contributed by atoms with Gasteiger partial charge in [0.25, 0.3) is 0 Å². The van der Waals surface area contributed by atoms with Crippen molar-refractivity contribution in [3.8, 4) is 0 Å². The van der Waals surface area contributed by atoms with E-state index in [1.807, 2.05) is 49.3 Å². The van der Waals surface area contributed by atoms with Gasteiger partial charge in [-0.1, -0.05) is 37.3 Å². The van der Waals surface area contributed by atoms with Crippen LogP contribution in [-0.4, -0.2) is 45.2 Å². The first-order valence-corrected chi connectivity index (χ1v) is 9.12. The van der Waals surface area contributed by atoms with Crippen molar-refractivity contribution in [1.82, 2.24) is 4.90 Å². The van der Waals surface area contributed by atoms with E-state index >= 15 is 0 Å². The van der Waals surface area contributed by atoms with Crippen molar-refractivity contribution in [3.05, 3.63) is 65.7 Å². The minimum atomic E-state index is -0.250. The lowest BCUT2D eigenvalue weighted by Gasteiger charge is -2.19. The predicted octanol–water partition coefficient (Wildman–Crippen LogP) is 4.07. The summed E-state index contributed by atoms with van der Waals surface area (Å²) in [6.45, 7) is 4.49. The normalized spacial score (nSPS) is 12.0. The molecule has 0 saturated heterocycles. The summed E-state index contributed by atoms with van der Waals surface area (Å²) in [5, 5.41) is 0. The third-order valence-electron chi connectivity index (χ3n) is 4.42. The highest BCUT2D eigenvalue weighted by molar-refractivity contribution is 5.89. The van der Waals surface area contributed by atoms with Crippen LogP contribution in [0.25, 0.3) is 0 Å². The quantitative estimate of drug-likeness (QED) is 0.636. The van der Waals surface area contributed by atoms with Gasteiger partial charge < -0.3 is 14.5 Å². The summed E-state index contributed by atoms with van der Waals surface area (Å²) >= 11 is 0. The van der Waals surface area contributed by atoms with Gasteiger partial charge in [0, 0.05) is 26.3 Å². The van der Waals surface area contributed by atoms with E-state index in [2.05, 4.69) is 43.1 Å². The van der Waals surface area contributed by atoms with Gasteiger partial charge >= 0.3 is 5.97 Å². The van der Waals surface area contributed by atoms with Gasteiger partial charge in [0.05, 0.1) is 12.2 Å². The fourth-order valence-electron chi connectivity index (χ4n) is 2.70. The van der Waals surface area contributed by atoms with E-state index in [4.69, 9.17) is 4.74 Å². The zero-order valence-electron chi connectivity index (χ0n) is 16.3. The van der Waals surface area contributed by atoms with Gasteiger partial charge in [-0.05, 0) is 55.8 Å². The van der Waals surface area contributed by atoms with Crippen LogP contribution >= 0.6 is 0 Å². The van der Waals surface area contributed by atoms with Crippen molar-refractivity contribution >= 4 is 11.7 Å². The van der Waals surface area contributed by atoms with E-state index in [0.717, 1.165) is 25.2 Å². The smallest absolute Gasteiger partial charge is 0.338 e. The maximum Gasteiger partial charge on any atom is 0.338 e. The van der Waals surface area contributed by atoms with Gasteiger partial charge in [-0.2, -0.15) is 0 Å². The molecule has 4 nitrogen and oxygen atoms in total. The van der Waals surface area contributed by atoms with E-state index in [1.54, 1.807) is 0 Å². The fourth-order valence-corrected chi connectivity index (χ4v) is 2.70. The Labute approximate surface area is 157 Å². The zero-order valence-corrected chi connectivity index (χ0v) is 16.3. The maximum absolute atomic E-state index is 12.2. The number of esters is 1. The first-order chi connectivity index (χ1) is 12.5. The molecule has 4 heteroatoms. The molecular formula is C22H30N2O2. The van der Waals surface area contributed by atoms with Crippen molar-refractivity contribution in [2.24, 2.45) is 5.92 Å². The third kappa shape index (κ3) is 6.52. The molecule has 0 heterocycles. The molecule has 0 unspecified atom stereocenters. The SMILES string of the molecule is C[C@H](CCN(C)Cc1ccccc1)COC(=O)c1ccc(N(C)C)cc1. The molecule has 0 N–H and O–H groups in total. The summed E-state index contributed by atoms with van der Waals surface area (Å²) in [7, 11) is 6.08. The Hall–Kier alpha value is -2.33. The van der Waals surface area contributed by atoms with Crippen LogP contribution in [-0.2, 0) is 11.3 Å². The Morgan fingerprint density at radius 1 is 1.00 bits per heavy atom. The maximum atomic E-state index is 12.2. The molecule has 0 aliphatic carbocycles. The summed E-state index contributed by atoms with van der Waals surface area (Å²) in [6, 6.07) is 17.9. The minimum absolute atomic E-state index is 0.250. The van der Waals surface area contributed by atoms with E-state index in [0.29, 0.717) is 18.1 Å². The number of benzene rings is 2. The molecule has 2 rings (SSSR count). The van der Waals surface area contributed by atoms with Crippen molar-refractivity contribution in [2.75, 3.05) is 39.2 Å². The second-order valence-corrected chi connectivity index (χ2v) is 7.16. The van der Waals surface area contributed by atoms with Crippen LogP contribution in [0, 0.1) is 5.92 Å². The second kappa shape index (κ2) is 9.97. The highest BCUT2D eigenvalue weighted by Crippen LogP contribution is 2.14. The fraction of sp³-hybridized carbons (Fsp3) is 0.409. The molecule has 0 aliphatic rings. The summed E-state index contributed by atoms with van der Waals surface area (Å²) in [5.41, 5.74) is 2.98. The van der Waals surface area contributed by atoms with Crippen LogP contribution in [0.5, 0.6) is 0 Å². The van der Waals surface area contributed by atoms with Crippen LogP contribution in [0.2, 0.25) is 0 Å². The Bertz CT molecular complexity index is 668. The number of anilines is 1. The molecule has 2 aromatic carbocycles. The van der Waals surface area contributed by atoms with Crippen LogP contribution in [0.15, 0.2) is 54.6 Å². The van der Waals surface area contributed by atoms with Crippen LogP contribution in [0.3, 0.4) is 0 Å². The van der Waals surface area contributed by atoms with E-state index in [1.165, 1.54) is 5.56 Å². The molecule has 1 atom stereocenters. The van der Waals surface area contributed by atoms with Crippen molar-refractivity contribution in [2.45, 2.75) is 19.9 Å². The number of hydrogen-bond acceptors (Lipinski definition) is 4. The number of nitrogens with zero attached hydrogens (tertiary/aromatic N) is 2. The summed E-state index contributed by atoms with van der Waals surface area (Å²) in [4.78, 5) is 16.5. The molecule has 0 radical (unpaired) electrons. The molecule has 0 amide bonds. The molecule has 0 aromatic heterocycles. The highest BCUT2D eigenvalue weighted by atomic mass is 16.5. The zero-order chi connectivity index (χ0) is 18.9. The summed E-state index contributed by atoms with van der Waals surface area (Å²) in [5.74, 6) is 0.0815. The molecule has 0 aliphatic heterocycles. The van der Waals surface area contributed by atoms with Crippen LogP contribution in [0.1, 0.15) is 29.3 Å². The Kier molecular flexibility index (Phi) is 7.67. The number of carbonyl (C=O) groups is 1. The number of hydrogen-bond donors (Lipinski definition) is 0. The molecule has 140 valence electrons. The molecule has 26 heavy (non-hydrogen) atoms. The second-order valence-electron chi connectivity index (χ2n) is 7.16. The number of ether oxygens (including phenoxy) is 1. The Morgan fingerprint density at radius 3 is 2.27 bits per heavy atom. The van der Waals surface area contributed by atoms with E-state index < -0.39 is 0 Å². The Morgan fingerprint density at radius 2 is 1.65 bits per heavy atom. The lowest BCUT2D eigenvalue weighted by Crippen LogP contribution is -2.22. The van der Waals surface area contributed by atoms with E-state index in [-0.39, 0.29) is 5.97 Å². The average molecular weight is 354 g/mol. The highest BCUT2D eigenvalue weighted by Gasteiger charge is 2.11.